The predicted octanol–water partition coefficient (Wildman–Crippen LogP) is 3.64. The molecule has 0 saturated heterocycles. The van der Waals surface area contributed by atoms with E-state index in [0.29, 0.717) is 28.3 Å². The van der Waals surface area contributed by atoms with E-state index in [2.05, 4.69) is 5.32 Å². The second kappa shape index (κ2) is 6.00. The first-order valence-corrected chi connectivity index (χ1v) is 8.00. The second-order valence-electron chi connectivity index (χ2n) is 5.91. The first kappa shape index (κ1) is 15.8. The van der Waals surface area contributed by atoms with Gasteiger partial charge in [0.2, 0.25) is 0 Å². The Hall–Kier alpha value is -3.67. The number of imide groups is 1. The van der Waals surface area contributed by atoms with Crippen molar-refractivity contribution in [2.24, 2.45) is 0 Å². The monoisotopic (exact) mass is 346 g/mol. The molecule has 6 nitrogen and oxygen atoms in total. The van der Waals surface area contributed by atoms with Gasteiger partial charge in [0.15, 0.2) is 5.76 Å². The summed E-state index contributed by atoms with van der Waals surface area (Å²) in [7, 11) is 0. The number of rotatable bonds is 3. The van der Waals surface area contributed by atoms with Crippen molar-refractivity contribution in [1.29, 1.82) is 0 Å². The predicted molar refractivity (Wildman–Crippen MR) is 95.4 cm³/mol. The van der Waals surface area contributed by atoms with Crippen LogP contribution >= 0.6 is 0 Å². The van der Waals surface area contributed by atoms with E-state index in [9.17, 15) is 14.4 Å². The van der Waals surface area contributed by atoms with Crippen LogP contribution in [0.2, 0.25) is 0 Å². The lowest BCUT2D eigenvalue weighted by Gasteiger charge is -2.15. The zero-order chi connectivity index (χ0) is 18.3. The van der Waals surface area contributed by atoms with Gasteiger partial charge in [0.05, 0.1) is 16.8 Å². The fourth-order valence-electron chi connectivity index (χ4n) is 2.90. The lowest BCUT2D eigenvalue weighted by molar-refractivity contribution is 0.0925. The van der Waals surface area contributed by atoms with Gasteiger partial charge in [-0.25, -0.2) is 4.90 Å². The van der Waals surface area contributed by atoms with E-state index in [-0.39, 0.29) is 17.6 Å². The quantitative estimate of drug-likeness (QED) is 0.734. The smallest absolute Gasteiger partial charge is 0.291 e. The largest absolute Gasteiger partial charge is 0.456 e. The maximum atomic E-state index is 12.6. The van der Waals surface area contributed by atoms with Crippen molar-refractivity contribution in [2.45, 2.75) is 6.92 Å². The third kappa shape index (κ3) is 2.57. The Morgan fingerprint density at radius 3 is 2.23 bits per heavy atom. The molecule has 1 aliphatic heterocycles. The van der Waals surface area contributed by atoms with Crippen LogP contribution in [0.5, 0.6) is 0 Å². The summed E-state index contributed by atoms with van der Waals surface area (Å²) in [5.41, 5.74) is 1.60. The second-order valence-corrected chi connectivity index (χ2v) is 5.91. The van der Waals surface area contributed by atoms with Crippen molar-refractivity contribution in [1.82, 2.24) is 0 Å². The number of benzene rings is 2. The Bertz CT molecular complexity index is 1020. The molecule has 0 atom stereocenters. The molecule has 0 saturated carbocycles. The third-order valence-corrected chi connectivity index (χ3v) is 4.12. The molecule has 0 fully saturated rings. The fourth-order valence-corrected chi connectivity index (χ4v) is 2.90. The molecule has 0 aliphatic carbocycles. The van der Waals surface area contributed by atoms with E-state index in [0.717, 1.165) is 4.90 Å². The van der Waals surface area contributed by atoms with E-state index >= 15 is 0 Å². The molecule has 3 aromatic rings. The number of anilines is 2. The van der Waals surface area contributed by atoms with E-state index in [1.54, 1.807) is 67.6 Å². The molecule has 4 rings (SSSR count). The van der Waals surface area contributed by atoms with Crippen molar-refractivity contribution >= 4 is 29.1 Å². The molecule has 0 bridgehead atoms. The minimum atomic E-state index is -0.405. The lowest BCUT2D eigenvalue weighted by atomic mass is 10.1. The Balaban J connectivity index is 1.62. The summed E-state index contributed by atoms with van der Waals surface area (Å²) in [6.45, 7) is 1.75. The van der Waals surface area contributed by atoms with E-state index in [1.165, 1.54) is 0 Å². The summed E-state index contributed by atoms with van der Waals surface area (Å²) in [4.78, 5) is 38.5. The molecule has 0 radical (unpaired) electrons. The van der Waals surface area contributed by atoms with Gasteiger partial charge in [-0.2, -0.15) is 0 Å². The number of fused-ring (bicyclic) bond motifs is 1. The van der Waals surface area contributed by atoms with Gasteiger partial charge in [0, 0.05) is 5.69 Å². The van der Waals surface area contributed by atoms with Crippen molar-refractivity contribution in [3.8, 4) is 0 Å². The molecule has 0 unspecified atom stereocenters. The van der Waals surface area contributed by atoms with Gasteiger partial charge in [-0.3, -0.25) is 14.4 Å². The number of carbonyl (C=O) groups is 3. The normalized spacial score (nSPS) is 13.0. The van der Waals surface area contributed by atoms with Crippen LogP contribution in [0.4, 0.5) is 11.4 Å². The zero-order valence-electron chi connectivity index (χ0n) is 13.9. The maximum Gasteiger partial charge on any atom is 0.291 e. The highest BCUT2D eigenvalue weighted by Gasteiger charge is 2.36. The topological polar surface area (TPSA) is 79.6 Å². The van der Waals surface area contributed by atoms with Crippen LogP contribution in [0.1, 0.15) is 37.0 Å². The minimum absolute atomic E-state index is 0.189. The molecular formula is C20H14N2O4. The summed E-state index contributed by atoms with van der Waals surface area (Å²) in [5, 5.41) is 2.70. The molecule has 2 heterocycles. The highest BCUT2D eigenvalue weighted by molar-refractivity contribution is 6.34. The Kier molecular flexibility index (Phi) is 3.65. The summed E-state index contributed by atoms with van der Waals surface area (Å²) in [5.74, 6) is -0.340. The Morgan fingerprint density at radius 1 is 0.923 bits per heavy atom. The van der Waals surface area contributed by atoms with Gasteiger partial charge in [-0.15, -0.1) is 0 Å². The molecule has 1 N–H and O–H groups in total. The van der Waals surface area contributed by atoms with Crippen molar-refractivity contribution < 1.29 is 18.8 Å². The number of nitrogens with zero attached hydrogens (tertiary/aromatic N) is 1. The van der Waals surface area contributed by atoms with Gasteiger partial charge in [0.1, 0.15) is 5.76 Å². The average molecular weight is 346 g/mol. The van der Waals surface area contributed by atoms with E-state index in [1.807, 2.05) is 0 Å². The van der Waals surface area contributed by atoms with Crippen LogP contribution in [-0.2, 0) is 0 Å². The van der Waals surface area contributed by atoms with Crippen molar-refractivity contribution in [2.75, 3.05) is 10.2 Å². The van der Waals surface area contributed by atoms with Crippen molar-refractivity contribution in [3.05, 3.63) is 83.3 Å². The van der Waals surface area contributed by atoms with E-state index < -0.39 is 5.91 Å². The number of furan rings is 1. The van der Waals surface area contributed by atoms with Crippen LogP contribution < -0.4 is 10.2 Å². The highest BCUT2D eigenvalue weighted by Crippen LogP contribution is 2.29. The summed E-state index contributed by atoms with van der Waals surface area (Å²) >= 11 is 0. The zero-order valence-corrected chi connectivity index (χ0v) is 13.9. The SMILES string of the molecule is Cc1ccc(C(=O)Nc2cccc(N3C(=O)c4ccccc4C3=O)c2)o1. The number of carbonyl (C=O) groups excluding carboxylic acids is 3. The van der Waals surface area contributed by atoms with E-state index in [4.69, 9.17) is 4.42 Å². The summed E-state index contributed by atoms with van der Waals surface area (Å²) in [6, 6.07) is 16.5. The summed E-state index contributed by atoms with van der Waals surface area (Å²) in [6.07, 6.45) is 0. The molecule has 0 spiro atoms. The fraction of sp³-hybridized carbons (Fsp3) is 0.0500. The molecule has 3 amide bonds. The standard InChI is InChI=1S/C20H14N2O4/c1-12-9-10-17(26-12)18(23)21-13-5-4-6-14(11-13)22-19(24)15-7-2-3-8-16(15)20(22)25/h2-11H,1H3,(H,21,23). The van der Waals surface area contributed by atoms with Gasteiger partial charge in [0.25, 0.3) is 17.7 Å². The number of amides is 3. The van der Waals surface area contributed by atoms with Crippen LogP contribution in [0.15, 0.2) is 65.1 Å². The first-order valence-electron chi connectivity index (χ1n) is 8.00. The molecule has 1 aliphatic rings. The van der Waals surface area contributed by atoms with Crippen LogP contribution in [-0.4, -0.2) is 17.7 Å². The van der Waals surface area contributed by atoms with Crippen LogP contribution in [0.3, 0.4) is 0 Å². The molecule has 2 aromatic carbocycles. The van der Waals surface area contributed by atoms with Crippen molar-refractivity contribution in [3.63, 3.8) is 0 Å². The highest BCUT2D eigenvalue weighted by atomic mass is 16.3. The average Bonchev–Trinajstić information content (AvgIpc) is 3.18. The van der Waals surface area contributed by atoms with Crippen LogP contribution in [0.25, 0.3) is 0 Å². The molecule has 6 heteroatoms. The summed E-state index contributed by atoms with van der Waals surface area (Å²) < 4.78 is 5.29. The number of aryl methyl sites for hydroxylation is 1. The number of nitrogens with one attached hydrogen (secondary N) is 1. The molecule has 1 aromatic heterocycles. The maximum absolute atomic E-state index is 12.6. The molecular weight excluding hydrogens is 332 g/mol. The third-order valence-electron chi connectivity index (χ3n) is 4.12. The van der Waals surface area contributed by atoms with Crippen LogP contribution in [0, 0.1) is 6.92 Å². The van der Waals surface area contributed by atoms with Gasteiger partial charge in [-0.05, 0) is 49.4 Å². The first-order chi connectivity index (χ1) is 12.5. The Morgan fingerprint density at radius 2 is 1.62 bits per heavy atom. The Labute approximate surface area is 149 Å². The molecule has 128 valence electrons. The molecule has 26 heavy (non-hydrogen) atoms. The van der Waals surface area contributed by atoms with Gasteiger partial charge in [-0.1, -0.05) is 18.2 Å². The minimum Gasteiger partial charge on any atom is -0.456 e. The number of hydrogen-bond donors (Lipinski definition) is 1. The van der Waals surface area contributed by atoms with Gasteiger partial charge < -0.3 is 9.73 Å². The van der Waals surface area contributed by atoms with Gasteiger partial charge >= 0.3 is 0 Å². The lowest BCUT2D eigenvalue weighted by Crippen LogP contribution is -2.29. The number of hydrogen-bond acceptors (Lipinski definition) is 4.